The van der Waals surface area contributed by atoms with E-state index in [1.165, 1.54) is 33.4 Å². The summed E-state index contributed by atoms with van der Waals surface area (Å²) in [6.45, 7) is 41.4. The molecule has 0 spiro atoms. The van der Waals surface area contributed by atoms with Crippen molar-refractivity contribution in [1.29, 1.82) is 0 Å². The maximum Gasteiger partial charge on any atom is 0.229 e. The zero-order chi connectivity index (χ0) is 32.1. The number of benzene rings is 2. The first-order chi connectivity index (χ1) is 18.1. The molecule has 41 heavy (non-hydrogen) atoms. The monoisotopic (exact) mass is 578 g/mol. The maximum atomic E-state index is 7.10. The molecule has 0 saturated carbocycles. The first-order valence-electron chi connectivity index (χ1n) is 15.8. The molecule has 0 aromatic heterocycles. The predicted molar refractivity (Wildman–Crippen MR) is 183 cm³/mol. The smallest absolute Gasteiger partial charge is 0.229 e. The predicted octanol–water partition coefficient (Wildman–Crippen LogP) is 10.3. The van der Waals surface area contributed by atoms with Crippen molar-refractivity contribution in [1.82, 2.24) is 0 Å². The Bertz CT molecular complexity index is 1040. The van der Waals surface area contributed by atoms with E-state index in [-0.39, 0.29) is 38.8 Å². The summed E-state index contributed by atoms with van der Waals surface area (Å²) in [4.78, 5) is 0. The fourth-order valence-corrected chi connectivity index (χ4v) is 5.39. The molecule has 0 radical (unpaired) electrons. The molecular formula is C38H63AlO2. The summed E-state index contributed by atoms with van der Waals surface area (Å²) in [7, 11) is 0. The average Bonchev–Trinajstić information content (AvgIpc) is 2.73. The van der Waals surface area contributed by atoms with Gasteiger partial charge >= 0.3 is 0 Å². The van der Waals surface area contributed by atoms with E-state index in [4.69, 9.17) is 9.47 Å². The van der Waals surface area contributed by atoms with E-state index < -0.39 is 0 Å². The van der Waals surface area contributed by atoms with Gasteiger partial charge in [0.15, 0.2) is 0 Å². The Morgan fingerprint density at radius 2 is 0.659 bits per heavy atom. The Balaban J connectivity index is 2.86. The molecule has 0 amide bonds. The molecule has 230 valence electrons. The van der Waals surface area contributed by atoms with Crippen LogP contribution in [0.2, 0.25) is 5.28 Å². The topological polar surface area (TPSA) is 18.5 Å². The molecule has 0 bridgehead atoms. The summed E-state index contributed by atoms with van der Waals surface area (Å²) in [5.74, 6) is 2.00. The number of ether oxygens (including phenoxy) is 2. The normalized spacial score (nSPS) is 14.0. The Morgan fingerprint density at radius 3 is 0.805 bits per heavy atom. The van der Waals surface area contributed by atoms with Crippen molar-refractivity contribution in [3.63, 3.8) is 0 Å². The van der Waals surface area contributed by atoms with Gasteiger partial charge in [0.05, 0.1) is 0 Å². The largest absolute Gasteiger partial charge is 0.456 e. The van der Waals surface area contributed by atoms with Gasteiger partial charge in [-0.05, 0) is 48.9 Å². The molecule has 0 saturated heterocycles. The minimum atomic E-state index is -0.355. The van der Waals surface area contributed by atoms with Crippen molar-refractivity contribution in [3.8, 4) is 11.5 Å². The molecule has 0 aliphatic heterocycles. The van der Waals surface area contributed by atoms with Crippen molar-refractivity contribution < 1.29 is 9.47 Å². The fourth-order valence-electron chi connectivity index (χ4n) is 5.06. The second-order valence-corrected chi connectivity index (χ2v) is 19.2. The van der Waals surface area contributed by atoms with Crippen LogP contribution in [-0.2, 0) is 32.5 Å². The number of rotatable bonds is 5. The summed E-state index contributed by atoms with van der Waals surface area (Å²) in [5, 5.41) is 0.877. The molecule has 2 nitrogen and oxygen atoms in total. The van der Waals surface area contributed by atoms with Crippen LogP contribution >= 0.6 is 0 Å². The zero-order valence-corrected chi connectivity index (χ0v) is 32.4. The third-order valence-corrected chi connectivity index (χ3v) is 8.64. The lowest BCUT2D eigenvalue weighted by atomic mass is 9.74. The average molecular weight is 579 g/mol. The summed E-state index contributed by atoms with van der Waals surface area (Å²) in [6.07, 6.45) is -0.355. The molecule has 0 heterocycles. The highest BCUT2D eigenvalue weighted by Gasteiger charge is 2.34. The van der Waals surface area contributed by atoms with E-state index in [1.807, 2.05) is 0 Å². The minimum Gasteiger partial charge on any atom is -0.456 e. The van der Waals surface area contributed by atoms with Gasteiger partial charge in [0, 0.05) is 22.3 Å². The molecule has 0 atom stereocenters. The highest BCUT2D eigenvalue weighted by atomic mass is 27.0. The standard InChI is InChI=1S/C38H61O2.Al.2H/c1-24(39-31-27(35(8,9)10)20-25(33(2,3)4)21-28(31)36(11,12)13)40-32-29(37(14,15)16)22-26(34(5,6)7)23-30(32)38(17,18)19;;;/h20-24H,1H2,2-19H3;;;. The molecule has 0 fully saturated rings. The molecular weight excluding hydrogens is 515 g/mol. The molecule has 0 unspecified atom stereocenters. The minimum absolute atomic E-state index is 0.0458. The van der Waals surface area contributed by atoms with E-state index in [0.29, 0.717) is 0 Å². The van der Waals surface area contributed by atoms with Gasteiger partial charge in [-0.1, -0.05) is 149 Å². The van der Waals surface area contributed by atoms with Crippen LogP contribution in [0.4, 0.5) is 0 Å². The SMILES string of the molecule is CC(C)(C)c1cc(C(C)(C)C)c(OC([CH2][AlH2])Oc2c(C(C)(C)C)cc(C(C)(C)C)cc2C(C)(C)C)c(C(C)(C)C)c1. The second kappa shape index (κ2) is 11.6. The summed E-state index contributed by atoms with van der Waals surface area (Å²) >= 11 is 0.974. The van der Waals surface area contributed by atoms with Gasteiger partial charge in [0.2, 0.25) is 22.6 Å². The van der Waals surface area contributed by atoms with Gasteiger partial charge in [-0.2, -0.15) is 0 Å². The van der Waals surface area contributed by atoms with Gasteiger partial charge in [0.25, 0.3) is 0 Å². The lowest BCUT2D eigenvalue weighted by Gasteiger charge is -2.36. The lowest BCUT2D eigenvalue weighted by molar-refractivity contribution is 0.0172. The number of hydrogen-bond acceptors (Lipinski definition) is 2. The van der Waals surface area contributed by atoms with Crippen LogP contribution in [0.5, 0.6) is 11.5 Å². The van der Waals surface area contributed by atoms with Crippen molar-refractivity contribution in [2.75, 3.05) is 0 Å². The maximum absolute atomic E-state index is 7.10. The molecule has 0 aliphatic carbocycles. The number of hydrogen-bond donors (Lipinski definition) is 0. The van der Waals surface area contributed by atoms with Crippen LogP contribution < -0.4 is 9.47 Å². The van der Waals surface area contributed by atoms with Crippen LogP contribution in [0.15, 0.2) is 24.3 Å². The van der Waals surface area contributed by atoms with Gasteiger partial charge in [-0.3, -0.25) is 0 Å². The summed E-state index contributed by atoms with van der Waals surface area (Å²) in [5.41, 5.74) is 7.53. The quantitative estimate of drug-likeness (QED) is 0.260. The van der Waals surface area contributed by atoms with E-state index in [9.17, 15) is 0 Å². The summed E-state index contributed by atoms with van der Waals surface area (Å²) < 4.78 is 14.2. The van der Waals surface area contributed by atoms with Crippen molar-refractivity contribution in [2.45, 2.75) is 169 Å². The first-order valence-corrected chi connectivity index (χ1v) is 17.2. The lowest BCUT2D eigenvalue weighted by Crippen LogP contribution is -2.31. The molecule has 3 heteroatoms. The summed E-state index contributed by atoms with van der Waals surface area (Å²) in [6, 6.07) is 9.53. The van der Waals surface area contributed by atoms with Gasteiger partial charge < -0.3 is 9.47 Å². The van der Waals surface area contributed by atoms with E-state index in [0.717, 1.165) is 33.1 Å². The van der Waals surface area contributed by atoms with Crippen LogP contribution in [-0.4, -0.2) is 22.6 Å². The molecule has 2 aromatic carbocycles. The van der Waals surface area contributed by atoms with E-state index in [2.05, 4.69) is 149 Å². The third-order valence-electron chi connectivity index (χ3n) is 7.97. The van der Waals surface area contributed by atoms with Crippen molar-refractivity contribution in [3.05, 3.63) is 57.6 Å². The van der Waals surface area contributed by atoms with Crippen molar-refractivity contribution >= 4 is 16.3 Å². The van der Waals surface area contributed by atoms with Crippen LogP contribution in [0, 0.1) is 0 Å². The van der Waals surface area contributed by atoms with Crippen molar-refractivity contribution in [2.24, 2.45) is 0 Å². The zero-order valence-electron chi connectivity index (χ0n) is 30.4. The first kappa shape index (κ1) is 35.8. The highest BCUT2D eigenvalue weighted by Crippen LogP contribution is 2.46. The Kier molecular flexibility index (Phi) is 10.1. The Labute approximate surface area is 262 Å². The fraction of sp³-hybridized carbons (Fsp3) is 0.684. The Hall–Kier alpha value is -1.43. The van der Waals surface area contributed by atoms with Gasteiger partial charge in [-0.25, -0.2) is 0 Å². The van der Waals surface area contributed by atoms with Crippen LogP contribution in [0.3, 0.4) is 0 Å². The molecule has 2 rings (SSSR count). The third kappa shape index (κ3) is 8.80. The van der Waals surface area contributed by atoms with Gasteiger partial charge in [-0.15, -0.1) is 0 Å². The Morgan fingerprint density at radius 1 is 0.439 bits per heavy atom. The molecule has 0 N–H and O–H groups in total. The van der Waals surface area contributed by atoms with E-state index >= 15 is 0 Å². The molecule has 0 aliphatic rings. The molecule has 2 aromatic rings. The highest BCUT2D eigenvalue weighted by molar-refractivity contribution is 6.08. The van der Waals surface area contributed by atoms with Crippen LogP contribution in [0.25, 0.3) is 0 Å². The van der Waals surface area contributed by atoms with Crippen LogP contribution in [0.1, 0.15) is 158 Å². The second-order valence-electron chi connectivity index (χ2n) is 18.4. The van der Waals surface area contributed by atoms with E-state index in [1.54, 1.807) is 0 Å². The van der Waals surface area contributed by atoms with Gasteiger partial charge in [0.1, 0.15) is 11.5 Å².